The fourth-order valence-corrected chi connectivity index (χ4v) is 2.84. The molecule has 0 bridgehead atoms. The molecule has 0 saturated carbocycles. The number of nitrogens with one attached hydrogen (secondary N) is 1. The minimum atomic E-state index is -1.41. The predicted molar refractivity (Wildman–Crippen MR) is 39.9 cm³/mol. The molecule has 5 heteroatoms. The summed E-state index contributed by atoms with van der Waals surface area (Å²) in [6, 6.07) is 0.571. The highest BCUT2D eigenvalue weighted by atomic mass is 28.3. The second-order valence-electron chi connectivity index (χ2n) is 2.36. The molecule has 0 radical (unpaired) electrons. The van der Waals surface area contributed by atoms with Gasteiger partial charge in [0.25, 0.3) is 9.20 Å². The molecular weight excluding hydrogens is 148 g/mol. The maximum atomic E-state index is 10.3. The average Bonchev–Trinajstić information content (AvgIpc) is 1.88. The summed E-state index contributed by atoms with van der Waals surface area (Å²) < 4.78 is 5.32. The van der Waals surface area contributed by atoms with Crippen LogP contribution in [0.15, 0.2) is 0 Å². The molecule has 1 fully saturated rings. The van der Waals surface area contributed by atoms with E-state index in [0.717, 1.165) is 25.5 Å². The number of urea groups is 1. The number of carbonyl (C=O) groups excluding carboxylic acids is 1. The van der Waals surface area contributed by atoms with E-state index in [4.69, 9.17) is 10.2 Å². The van der Waals surface area contributed by atoms with Crippen LogP contribution in [0.4, 0.5) is 4.79 Å². The Labute approximate surface area is 61.5 Å². The lowest BCUT2D eigenvalue weighted by Crippen LogP contribution is -2.45. The van der Waals surface area contributed by atoms with E-state index in [2.05, 4.69) is 4.98 Å². The number of rotatable bonds is 1. The van der Waals surface area contributed by atoms with Crippen molar-refractivity contribution >= 4 is 15.2 Å². The summed E-state index contributed by atoms with van der Waals surface area (Å²) in [6.45, 7) is 0.789. The zero-order chi connectivity index (χ0) is 7.40. The Morgan fingerprint density at radius 2 is 2.40 bits per heavy atom. The van der Waals surface area contributed by atoms with Crippen molar-refractivity contribution in [3.05, 3.63) is 0 Å². The van der Waals surface area contributed by atoms with E-state index in [-0.39, 0.29) is 0 Å². The molecule has 0 aromatic carbocycles. The van der Waals surface area contributed by atoms with Gasteiger partial charge in [-0.25, -0.2) is 4.79 Å². The Morgan fingerprint density at radius 1 is 1.60 bits per heavy atom. The van der Waals surface area contributed by atoms with Gasteiger partial charge in [0.05, 0.1) is 0 Å². The van der Waals surface area contributed by atoms with Crippen LogP contribution in [0.2, 0.25) is 6.04 Å². The molecule has 1 aliphatic heterocycles. The molecule has 1 atom stereocenters. The molecule has 10 heavy (non-hydrogen) atoms. The molecule has 0 aromatic rings. The minimum absolute atomic E-state index is 0.446. The number of primary amides is 1. The second-order valence-corrected chi connectivity index (χ2v) is 4.54. The van der Waals surface area contributed by atoms with E-state index in [9.17, 15) is 4.79 Å². The first-order chi connectivity index (χ1) is 4.79. The fraction of sp³-hybridized carbons (Fsp3) is 0.800. The van der Waals surface area contributed by atoms with Crippen molar-refractivity contribution in [3.8, 4) is 0 Å². The molecule has 1 rings (SSSR count). The summed E-state index contributed by atoms with van der Waals surface area (Å²) in [5, 5.41) is 0. The lowest BCUT2D eigenvalue weighted by atomic mass is 10.4. The number of carbonyl (C=O) groups is 1. The second kappa shape index (κ2) is 3.57. The van der Waals surface area contributed by atoms with Gasteiger partial charge in [0.1, 0.15) is 0 Å². The van der Waals surface area contributed by atoms with Gasteiger partial charge in [-0.2, -0.15) is 0 Å². The van der Waals surface area contributed by atoms with Crippen LogP contribution in [0.5, 0.6) is 0 Å². The van der Waals surface area contributed by atoms with Gasteiger partial charge in [0.2, 0.25) is 0 Å². The van der Waals surface area contributed by atoms with Crippen LogP contribution in [-0.2, 0) is 4.43 Å². The van der Waals surface area contributed by atoms with Crippen molar-refractivity contribution in [2.75, 3.05) is 6.61 Å². The van der Waals surface area contributed by atoms with Crippen molar-refractivity contribution < 1.29 is 9.22 Å². The van der Waals surface area contributed by atoms with Gasteiger partial charge in [-0.1, -0.05) is 0 Å². The van der Waals surface area contributed by atoms with Crippen molar-refractivity contribution in [1.29, 1.82) is 0 Å². The highest BCUT2D eigenvalue weighted by molar-refractivity contribution is 6.52. The maximum absolute atomic E-state index is 10.3. The van der Waals surface area contributed by atoms with Crippen LogP contribution in [0.1, 0.15) is 12.8 Å². The summed E-state index contributed by atoms with van der Waals surface area (Å²) in [5.74, 6) is 0. The zero-order valence-corrected chi connectivity index (χ0v) is 6.95. The van der Waals surface area contributed by atoms with E-state index in [1.165, 1.54) is 0 Å². The van der Waals surface area contributed by atoms with Crippen LogP contribution in [0.25, 0.3) is 0 Å². The number of nitrogens with two attached hydrogens (primary N) is 1. The van der Waals surface area contributed by atoms with Gasteiger partial charge >= 0.3 is 6.03 Å². The monoisotopic (exact) mass is 160 g/mol. The van der Waals surface area contributed by atoms with Crippen LogP contribution in [0, 0.1) is 0 Å². The van der Waals surface area contributed by atoms with Crippen molar-refractivity contribution in [2.24, 2.45) is 5.73 Å². The quantitative estimate of drug-likeness (QED) is 0.517. The van der Waals surface area contributed by atoms with Crippen LogP contribution in [0.3, 0.4) is 0 Å². The normalized spacial score (nSPS) is 25.8. The Bertz CT molecular complexity index is 125. The molecule has 1 heterocycles. The van der Waals surface area contributed by atoms with E-state index < -0.39 is 15.2 Å². The molecule has 1 aliphatic rings. The summed E-state index contributed by atoms with van der Waals surface area (Å²) in [4.78, 5) is 13.0. The van der Waals surface area contributed by atoms with Crippen LogP contribution < -0.4 is 10.7 Å². The topological polar surface area (TPSA) is 64.4 Å². The van der Waals surface area contributed by atoms with Crippen molar-refractivity contribution in [2.45, 2.75) is 18.9 Å². The average molecular weight is 160 g/mol. The summed E-state index contributed by atoms with van der Waals surface area (Å²) in [6.07, 6.45) is 2.28. The summed E-state index contributed by atoms with van der Waals surface area (Å²) >= 11 is 0. The Morgan fingerprint density at radius 3 is 2.90 bits per heavy atom. The van der Waals surface area contributed by atoms with Gasteiger partial charge < -0.3 is 15.1 Å². The number of hydrogen-bond acceptors (Lipinski definition) is 2. The van der Waals surface area contributed by atoms with E-state index in [1.807, 2.05) is 0 Å². The molecule has 0 aromatic heterocycles. The lowest BCUT2D eigenvalue weighted by molar-refractivity contribution is 0.245. The molecule has 2 amide bonds. The molecule has 0 spiro atoms. The third-order valence-corrected chi connectivity index (χ3v) is 3.66. The maximum Gasteiger partial charge on any atom is 0.305 e. The predicted octanol–water partition coefficient (Wildman–Crippen LogP) is -0.314. The van der Waals surface area contributed by atoms with Crippen LogP contribution in [-0.4, -0.2) is 21.8 Å². The van der Waals surface area contributed by atoms with E-state index in [1.54, 1.807) is 0 Å². The Hall–Kier alpha value is -0.553. The highest BCUT2D eigenvalue weighted by Crippen LogP contribution is 2.07. The molecule has 3 N–H and O–H groups in total. The van der Waals surface area contributed by atoms with Crippen molar-refractivity contribution in [3.63, 3.8) is 0 Å². The van der Waals surface area contributed by atoms with Gasteiger partial charge in [-0.15, -0.1) is 0 Å². The van der Waals surface area contributed by atoms with Gasteiger partial charge in [0, 0.05) is 6.61 Å². The lowest BCUT2D eigenvalue weighted by Gasteiger charge is -2.20. The smallest absolute Gasteiger partial charge is 0.305 e. The standard InChI is InChI=1S/C5H12N2O2Si/c6-5(8)7-10-4-2-1-3-9-10/h10H,1-4H2,(H3,6,7,8). The number of hydrogen-bond donors (Lipinski definition) is 2. The molecule has 0 aliphatic carbocycles. The van der Waals surface area contributed by atoms with Gasteiger partial charge in [-0.3, -0.25) is 0 Å². The molecular formula is C5H12N2O2Si. The number of amides is 2. The Balaban J connectivity index is 2.19. The molecule has 1 unspecified atom stereocenters. The third kappa shape index (κ3) is 2.36. The largest absolute Gasteiger partial charge is 0.401 e. The van der Waals surface area contributed by atoms with Gasteiger partial charge in [0.15, 0.2) is 0 Å². The van der Waals surface area contributed by atoms with Crippen molar-refractivity contribution in [1.82, 2.24) is 4.98 Å². The summed E-state index contributed by atoms with van der Waals surface area (Å²) in [5.41, 5.74) is 4.93. The van der Waals surface area contributed by atoms with Gasteiger partial charge in [-0.05, 0) is 18.9 Å². The summed E-state index contributed by atoms with van der Waals surface area (Å²) in [7, 11) is -1.41. The molecule has 58 valence electrons. The molecule has 1 saturated heterocycles. The SMILES string of the molecule is NC(=O)N[SiH]1CCCCO1. The minimum Gasteiger partial charge on any atom is -0.401 e. The fourth-order valence-electron chi connectivity index (χ4n) is 1.01. The first-order valence-electron chi connectivity index (χ1n) is 3.46. The Kier molecular flexibility index (Phi) is 2.70. The zero-order valence-electron chi connectivity index (χ0n) is 5.80. The highest BCUT2D eigenvalue weighted by Gasteiger charge is 2.16. The molecule has 4 nitrogen and oxygen atoms in total. The van der Waals surface area contributed by atoms with E-state index >= 15 is 0 Å². The first-order valence-corrected chi connectivity index (χ1v) is 5.33. The first kappa shape index (κ1) is 7.55. The third-order valence-electron chi connectivity index (χ3n) is 1.48. The van der Waals surface area contributed by atoms with Crippen LogP contribution >= 0.6 is 0 Å². The van der Waals surface area contributed by atoms with E-state index in [0.29, 0.717) is 0 Å².